The number of amides is 1. The highest BCUT2D eigenvalue weighted by atomic mass is 32.2. The molecule has 10 nitrogen and oxygen atoms in total. The first kappa shape index (κ1) is 26.2. The van der Waals surface area contributed by atoms with E-state index >= 15 is 0 Å². The van der Waals surface area contributed by atoms with E-state index in [0.29, 0.717) is 5.56 Å². The lowest BCUT2D eigenvalue weighted by molar-refractivity contribution is 0.102. The van der Waals surface area contributed by atoms with Crippen LogP contribution in [-0.2, 0) is 26.4 Å². The van der Waals surface area contributed by atoms with Gasteiger partial charge in [-0.15, -0.1) is 5.10 Å². The van der Waals surface area contributed by atoms with Gasteiger partial charge in [-0.3, -0.25) is 10.1 Å². The number of rotatable bonds is 9. The Morgan fingerprint density at radius 2 is 1.59 bits per heavy atom. The third-order valence-corrected chi connectivity index (χ3v) is 8.51. The van der Waals surface area contributed by atoms with Crippen molar-refractivity contribution in [3.05, 3.63) is 90.0 Å². The van der Waals surface area contributed by atoms with E-state index in [2.05, 4.69) is 15.5 Å². The lowest BCUT2D eigenvalue weighted by atomic mass is 10.2. The van der Waals surface area contributed by atoms with Crippen molar-refractivity contribution in [3.8, 4) is 11.5 Å². The lowest BCUT2D eigenvalue weighted by Crippen LogP contribution is -2.30. The highest BCUT2D eigenvalue weighted by molar-refractivity contribution is 7.90. The minimum Gasteiger partial charge on any atom is -0.403 e. The second-order valence-corrected chi connectivity index (χ2v) is 12.1. The first-order chi connectivity index (χ1) is 17.6. The third-order valence-electron chi connectivity index (χ3n) is 5.46. The van der Waals surface area contributed by atoms with Crippen LogP contribution in [0.5, 0.6) is 0 Å². The number of sulfone groups is 1. The van der Waals surface area contributed by atoms with Gasteiger partial charge in [0.05, 0.1) is 9.79 Å². The van der Waals surface area contributed by atoms with E-state index in [1.54, 1.807) is 19.1 Å². The molecular formula is C25H24N4O6S2. The van der Waals surface area contributed by atoms with E-state index in [1.165, 1.54) is 40.7 Å². The fourth-order valence-corrected chi connectivity index (χ4v) is 5.60. The molecule has 0 bridgehead atoms. The SMILES string of the molecule is CCN(Cc1ccccc1)S(=O)(=O)c1ccc(C(=O)Nc2nnc(-c3cccc(S(C)(=O)=O)c3)o2)cc1. The molecule has 0 aliphatic heterocycles. The molecular weight excluding hydrogens is 516 g/mol. The summed E-state index contributed by atoms with van der Waals surface area (Å²) in [6, 6.07) is 20.6. The molecule has 1 aromatic heterocycles. The molecule has 1 N–H and O–H groups in total. The van der Waals surface area contributed by atoms with E-state index in [1.807, 2.05) is 30.3 Å². The smallest absolute Gasteiger partial charge is 0.322 e. The van der Waals surface area contributed by atoms with Gasteiger partial charge >= 0.3 is 6.01 Å². The number of aromatic nitrogens is 2. The van der Waals surface area contributed by atoms with Crippen molar-refractivity contribution >= 4 is 31.8 Å². The van der Waals surface area contributed by atoms with Gasteiger partial charge in [-0.25, -0.2) is 16.8 Å². The molecule has 0 atom stereocenters. The minimum absolute atomic E-state index is 0.0281. The fraction of sp³-hybridized carbons (Fsp3) is 0.160. The number of nitrogens with zero attached hydrogens (tertiary/aromatic N) is 3. The van der Waals surface area contributed by atoms with E-state index in [9.17, 15) is 21.6 Å². The summed E-state index contributed by atoms with van der Waals surface area (Å²) in [6.45, 7) is 2.28. The van der Waals surface area contributed by atoms with Crippen molar-refractivity contribution in [1.29, 1.82) is 0 Å². The quantitative estimate of drug-likeness (QED) is 0.340. The highest BCUT2D eigenvalue weighted by Gasteiger charge is 2.24. The largest absolute Gasteiger partial charge is 0.403 e. The van der Waals surface area contributed by atoms with Crippen LogP contribution in [0.1, 0.15) is 22.8 Å². The molecule has 37 heavy (non-hydrogen) atoms. The molecule has 0 spiro atoms. The zero-order valence-corrected chi connectivity index (χ0v) is 21.7. The molecule has 0 unspecified atom stereocenters. The van der Waals surface area contributed by atoms with Gasteiger partial charge in [-0.05, 0) is 48.0 Å². The van der Waals surface area contributed by atoms with Crippen LogP contribution in [0.2, 0.25) is 0 Å². The molecule has 0 saturated heterocycles. The van der Waals surface area contributed by atoms with Crippen LogP contribution in [-0.4, -0.2) is 50.0 Å². The summed E-state index contributed by atoms with van der Waals surface area (Å²) in [5.74, 6) is -0.555. The zero-order valence-electron chi connectivity index (χ0n) is 20.0. The van der Waals surface area contributed by atoms with Crippen LogP contribution in [0.15, 0.2) is 93.1 Å². The highest BCUT2D eigenvalue weighted by Crippen LogP contribution is 2.24. The summed E-state index contributed by atoms with van der Waals surface area (Å²) in [5, 5.41) is 10.1. The number of carbonyl (C=O) groups excluding carboxylic acids is 1. The summed E-state index contributed by atoms with van der Waals surface area (Å²) in [5.41, 5.74) is 1.43. The number of hydrogen-bond acceptors (Lipinski definition) is 8. The van der Waals surface area contributed by atoms with Crippen molar-refractivity contribution in [1.82, 2.24) is 14.5 Å². The molecule has 4 rings (SSSR count). The van der Waals surface area contributed by atoms with Gasteiger partial charge < -0.3 is 4.42 Å². The average molecular weight is 541 g/mol. The molecule has 0 aliphatic carbocycles. The first-order valence-electron chi connectivity index (χ1n) is 11.2. The lowest BCUT2D eigenvalue weighted by Gasteiger charge is -2.20. The van der Waals surface area contributed by atoms with Gasteiger partial charge in [0.2, 0.25) is 15.9 Å². The van der Waals surface area contributed by atoms with Crippen molar-refractivity contribution in [3.63, 3.8) is 0 Å². The molecule has 3 aromatic carbocycles. The zero-order chi connectivity index (χ0) is 26.6. The van der Waals surface area contributed by atoms with Crippen molar-refractivity contribution < 1.29 is 26.0 Å². The topological polar surface area (TPSA) is 140 Å². The van der Waals surface area contributed by atoms with Crippen molar-refractivity contribution in [2.75, 3.05) is 18.1 Å². The molecule has 192 valence electrons. The van der Waals surface area contributed by atoms with Gasteiger partial charge in [-0.1, -0.05) is 48.4 Å². The predicted molar refractivity (Wildman–Crippen MR) is 137 cm³/mol. The number of sulfonamides is 1. The number of anilines is 1. The van der Waals surface area contributed by atoms with Crippen molar-refractivity contribution in [2.24, 2.45) is 0 Å². The molecule has 0 saturated carbocycles. The Kier molecular flexibility index (Phi) is 7.52. The van der Waals surface area contributed by atoms with Gasteiger partial charge in [0, 0.05) is 30.5 Å². The summed E-state index contributed by atoms with van der Waals surface area (Å²) in [6.07, 6.45) is 1.09. The number of nitrogens with one attached hydrogen (secondary N) is 1. The average Bonchev–Trinajstić information content (AvgIpc) is 3.36. The minimum atomic E-state index is -3.77. The first-order valence-corrected chi connectivity index (χ1v) is 14.5. The molecule has 0 radical (unpaired) electrons. The number of carbonyl (C=O) groups is 1. The Hall–Kier alpha value is -3.87. The van der Waals surface area contributed by atoms with Gasteiger partial charge in [0.1, 0.15) is 0 Å². The number of benzene rings is 3. The van der Waals surface area contributed by atoms with Crippen molar-refractivity contribution in [2.45, 2.75) is 23.3 Å². The Morgan fingerprint density at radius 1 is 0.892 bits per heavy atom. The molecule has 1 amide bonds. The molecule has 0 fully saturated rings. The summed E-state index contributed by atoms with van der Waals surface area (Å²) in [4.78, 5) is 12.8. The number of hydrogen-bond donors (Lipinski definition) is 1. The van der Waals surface area contributed by atoms with E-state index in [0.717, 1.165) is 11.8 Å². The fourth-order valence-electron chi connectivity index (χ4n) is 3.50. The Morgan fingerprint density at radius 3 is 2.24 bits per heavy atom. The third kappa shape index (κ3) is 6.10. The molecule has 1 heterocycles. The summed E-state index contributed by atoms with van der Waals surface area (Å²) in [7, 11) is -7.20. The molecule has 12 heteroatoms. The second kappa shape index (κ2) is 10.6. The molecule has 4 aromatic rings. The van der Waals surface area contributed by atoms with Crippen LogP contribution < -0.4 is 5.32 Å². The van der Waals surface area contributed by atoms with Crippen LogP contribution in [0.4, 0.5) is 6.01 Å². The Labute approximate surface area is 214 Å². The standard InChI is InChI=1S/C25H24N4O6S2/c1-3-29(17-18-8-5-4-6-9-18)37(33,34)21-14-12-19(13-15-21)23(30)26-25-28-27-24(35-25)20-10-7-11-22(16-20)36(2,31)32/h4-16H,3,17H2,1-2H3,(H,26,28,30). The van der Waals surface area contributed by atoms with Crippen LogP contribution >= 0.6 is 0 Å². The maximum Gasteiger partial charge on any atom is 0.322 e. The Balaban J connectivity index is 1.47. The van der Waals surface area contributed by atoms with E-state index in [-0.39, 0.29) is 40.3 Å². The second-order valence-electron chi connectivity index (χ2n) is 8.11. The van der Waals surface area contributed by atoms with Gasteiger partial charge in [0.25, 0.3) is 5.91 Å². The van der Waals surface area contributed by atoms with Crippen LogP contribution in [0.25, 0.3) is 11.5 Å². The van der Waals surface area contributed by atoms with E-state index in [4.69, 9.17) is 4.42 Å². The summed E-state index contributed by atoms with van der Waals surface area (Å²) >= 11 is 0. The maximum absolute atomic E-state index is 13.1. The van der Waals surface area contributed by atoms with Crippen LogP contribution in [0, 0.1) is 0 Å². The van der Waals surface area contributed by atoms with Crippen LogP contribution in [0.3, 0.4) is 0 Å². The predicted octanol–water partition coefficient (Wildman–Crippen LogP) is 3.60. The summed E-state index contributed by atoms with van der Waals surface area (Å²) < 4.78 is 56.6. The Bertz CT molecular complexity index is 1620. The monoisotopic (exact) mass is 540 g/mol. The van der Waals surface area contributed by atoms with Gasteiger partial charge in [0.15, 0.2) is 9.84 Å². The van der Waals surface area contributed by atoms with E-state index < -0.39 is 25.8 Å². The van der Waals surface area contributed by atoms with Gasteiger partial charge in [-0.2, -0.15) is 4.31 Å². The maximum atomic E-state index is 13.1. The normalized spacial score (nSPS) is 12.0. The molecule has 0 aliphatic rings.